The van der Waals surface area contributed by atoms with Crippen LogP contribution in [0, 0.1) is 6.92 Å². The number of fused-ring (bicyclic) bond motifs is 1. The van der Waals surface area contributed by atoms with Gasteiger partial charge >= 0.3 is 6.18 Å². The zero-order valence-electron chi connectivity index (χ0n) is 17.1. The lowest BCUT2D eigenvalue weighted by molar-refractivity contribution is -0.141. The van der Waals surface area contributed by atoms with E-state index in [-0.39, 0.29) is 17.8 Å². The normalized spacial score (nSPS) is 15.4. The van der Waals surface area contributed by atoms with Crippen molar-refractivity contribution in [1.29, 1.82) is 0 Å². The highest BCUT2D eigenvalue weighted by atomic mass is 19.4. The Bertz CT molecular complexity index is 1070. The van der Waals surface area contributed by atoms with Gasteiger partial charge in [-0.25, -0.2) is 15.0 Å². The second-order valence-corrected chi connectivity index (χ2v) is 7.64. The van der Waals surface area contributed by atoms with Crippen molar-refractivity contribution in [3.63, 3.8) is 0 Å². The molecule has 10 heteroatoms. The molecule has 31 heavy (non-hydrogen) atoms. The molecular weight excluding hydrogens is 409 g/mol. The predicted octanol–water partition coefficient (Wildman–Crippen LogP) is 3.33. The van der Waals surface area contributed by atoms with E-state index in [2.05, 4.69) is 20.3 Å². The highest BCUT2D eigenvalue weighted by Gasteiger charge is 2.33. The van der Waals surface area contributed by atoms with Crippen LogP contribution in [0.15, 0.2) is 36.7 Å². The minimum absolute atomic E-state index is 0.00620. The number of halogens is 3. The van der Waals surface area contributed by atoms with E-state index in [9.17, 15) is 18.0 Å². The fourth-order valence-electron chi connectivity index (χ4n) is 3.92. The third-order valence-electron chi connectivity index (χ3n) is 5.54. The van der Waals surface area contributed by atoms with Gasteiger partial charge in [-0.05, 0) is 31.9 Å². The van der Waals surface area contributed by atoms with Gasteiger partial charge in [0.15, 0.2) is 0 Å². The van der Waals surface area contributed by atoms with Gasteiger partial charge in [0.25, 0.3) is 0 Å². The standard InChI is InChI=1S/C21H23F3N6O/c1-14-27-16-4-2-3-5-17(16)30(14)11-8-20(31)28-15-6-9-29(10-7-15)19-12-18(21(22,23)24)25-13-26-19/h2-5,12-13,15H,6-11H2,1H3,(H,28,31). The zero-order chi connectivity index (χ0) is 22.0. The van der Waals surface area contributed by atoms with Crippen molar-refractivity contribution in [2.75, 3.05) is 18.0 Å². The SMILES string of the molecule is Cc1nc2ccccc2n1CCC(=O)NC1CCN(c2cc(C(F)(F)F)ncn2)CC1. The van der Waals surface area contributed by atoms with Crippen LogP contribution in [0.4, 0.5) is 19.0 Å². The van der Waals surface area contributed by atoms with E-state index >= 15 is 0 Å². The third kappa shape index (κ3) is 4.78. The molecule has 164 valence electrons. The maximum atomic E-state index is 12.9. The first-order valence-corrected chi connectivity index (χ1v) is 10.2. The van der Waals surface area contributed by atoms with Crippen molar-refractivity contribution in [1.82, 2.24) is 24.8 Å². The van der Waals surface area contributed by atoms with Crippen LogP contribution in [0.25, 0.3) is 11.0 Å². The van der Waals surface area contributed by atoms with Gasteiger partial charge in [-0.3, -0.25) is 4.79 Å². The topological polar surface area (TPSA) is 75.9 Å². The fourth-order valence-corrected chi connectivity index (χ4v) is 3.92. The van der Waals surface area contributed by atoms with E-state index in [1.165, 1.54) is 0 Å². The number of carbonyl (C=O) groups excluding carboxylic acids is 1. The number of amides is 1. The summed E-state index contributed by atoms with van der Waals surface area (Å²) in [4.78, 5) is 26.0. The monoisotopic (exact) mass is 432 g/mol. The van der Waals surface area contributed by atoms with E-state index in [0.717, 1.165) is 29.3 Å². The smallest absolute Gasteiger partial charge is 0.356 e. The van der Waals surface area contributed by atoms with Crippen LogP contribution in [0.3, 0.4) is 0 Å². The molecule has 1 fully saturated rings. The van der Waals surface area contributed by atoms with Crippen LogP contribution in [-0.4, -0.2) is 44.6 Å². The lowest BCUT2D eigenvalue weighted by atomic mass is 10.0. The minimum atomic E-state index is -4.50. The van der Waals surface area contributed by atoms with E-state index in [1.54, 1.807) is 4.90 Å². The summed E-state index contributed by atoms with van der Waals surface area (Å²) in [7, 11) is 0. The third-order valence-corrected chi connectivity index (χ3v) is 5.54. The van der Waals surface area contributed by atoms with Gasteiger partial charge in [0.05, 0.1) is 11.0 Å². The first kappa shape index (κ1) is 21.1. The number of benzene rings is 1. The number of hydrogen-bond acceptors (Lipinski definition) is 5. The van der Waals surface area contributed by atoms with Gasteiger partial charge in [-0.2, -0.15) is 13.2 Å². The lowest BCUT2D eigenvalue weighted by Crippen LogP contribution is -2.45. The van der Waals surface area contributed by atoms with Crippen LogP contribution in [0.5, 0.6) is 0 Å². The molecule has 0 bridgehead atoms. The van der Waals surface area contributed by atoms with Crippen molar-refractivity contribution in [3.8, 4) is 0 Å². The van der Waals surface area contributed by atoms with Gasteiger partial charge < -0.3 is 14.8 Å². The summed E-state index contributed by atoms with van der Waals surface area (Å²) in [5, 5.41) is 3.04. The summed E-state index contributed by atoms with van der Waals surface area (Å²) < 4.78 is 40.6. The van der Waals surface area contributed by atoms with Gasteiger partial charge in [-0.15, -0.1) is 0 Å². The Morgan fingerprint density at radius 3 is 2.68 bits per heavy atom. The molecule has 1 aliphatic rings. The van der Waals surface area contributed by atoms with Crippen LogP contribution in [-0.2, 0) is 17.5 Å². The zero-order valence-corrected chi connectivity index (χ0v) is 17.1. The quantitative estimate of drug-likeness (QED) is 0.669. The molecule has 0 radical (unpaired) electrons. The molecule has 4 rings (SSSR count). The van der Waals surface area contributed by atoms with Crippen molar-refractivity contribution < 1.29 is 18.0 Å². The maximum Gasteiger partial charge on any atom is 0.433 e. The van der Waals surface area contributed by atoms with E-state index < -0.39 is 11.9 Å². The Hall–Kier alpha value is -3.17. The largest absolute Gasteiger partial charge is 0.433 e. The highest BCUT2D eigenvalue weighted by molar-refractivity contribution is 5.78. The molecule has 2 aromatic heterocycles. The van der Waals surface area contributed by atoms with Crippen LogP contribution < -0.4 is 10.2 Å². The van der Waals surface area contributed by atoms with Crippen LogP contribution >= 0.6 is 0 Å². The molecule has 1 aliphatic heterocycles. The Labute approximate surface area is 177 Å². The number of anilines is 1. The number of hydrogen-bond donors (Lipinski definition) is 1. The molecule has 0 saturated carbocycles. The first-order chi connectivity index (χ1) is 14.8. The Morgan fingerprint density at radius 2 is 1.94 bits per heavy atom. The molecule has 0 unspecified atom stereocenters. The molecule has 1 saturated heterocycles. The average Bonchev–Trinajstić information content (AvgIpc) is 3.07. The minimum Gasteiger partial charge on any atom is -0.356 e. The number of rotatable bonds is 5. The molecular formula is C21H23F3N6O. The number of para-hydroxylation sites is 2. The first-order valence-electron chi connectivity index (χ1n) is 10.2. The fraction of sp³-hybridized carbons (Fsp3) is 0.429. The molecule has 0 atom stereocenters. The second kappa shape index (κ2) is 8.52. The summed E-state index contributed by atoms with van der Waals surface area (Å²) in [5.74, 6) is 1.08. The molecule has 0 aliphatic carbocycles. The number of nitrogens with one attached hydrogen (secondary N) is 1. The van der Waals surface area contributed by atoms with E-state index in [4.69, 9.17) is 0 Å². The molecule has 3 heterocycles. The molecule has 7 nitrogen and oxygen atoms in total. The van der Waals surface area contributed by atoms with Gasteiger partial charge in [0.2, 0.25) is 5.91 Å². The van der Waals surface area contributed by atoms with Crippen LogP contribution in [0.2, 0.25) is 0 Å². The molecule has 1 aromatic carbocycles. The highest BCUT2D eigenvalue weighted by Crippen LogP contribution is 2.29. The number of nitrogens with zero attached hydrogens (tertiary/aromatic N) is 5. The van der Waals surface area contributed by atoms with Gasteiger partial charge in [0.1, 0.15) is 23.7 Å². The molecule has 1 amide bonds. The van der Waals surface area contributed by atoms with Gasteiger partial charge in [-0.1, -0.05) is 12.1 Å². The number of carbonyl (C=O) groups is 1. The van der Waals surface area contributed by atoms with Crippen molar-refractivity contribution in [2.45, 2.75) is 44.9 Å². The Morgan fingerprint density at radius 1 is 1.19 bits per heavy atom. The number of imidazole rings is 1. The average molecular weight is 432 g/mol. The number of aromatic nitrogens is 4. The van der Waals surface area contributed by atoms with E-state index in [0.29, 0.717) is 38.9 Å². The van der Waals surface area contributed by atoms with Crippen molar-refractivity contribution in [2.24, 2.45) is 0 Å². The van der Waals surface area contributed by atoms with Gasteiger partial charge in [0, 0.05) is 38.2 Å². The number of alkyl halides is 3. The summed E-state index contributed by atoms with van der Waals surface area (Å²) in [6.45, 7) is 3.50. The van der Waals surface area contributed by atoms with Crippen molar-refractivity contribution >= 4 is 22.8 Å². The van der Waals surface area contributed by atoms with Crippen molar-refractivity contribution in [3.05, 3.63) is 48.2 Å². The summed E-state index contributed by atoms with van der Waals surface area (Å²) in [5.41, 5.74) is 0.964. The predicted molar refractivity (Wildman–Crippen MR) is 109 cm³/mol. The Balaban J connectivity index is 1.29. The van der Waals surface area contributed by atoms with E-state index in [1.807, 2.05) is 35.8 Å². The maximum absolute atomic E-state index is 12.9. The Kier molecular flexibility index (Phi) is 5.79. The summed E-state index contributed by atoms with van der Waals surface area (Å²) >= 11 is 0. The summed E-state index contributed by atoms with van der Waals surface area (Å²) in [6, 6.07) is 8.78. The molecule has 1 N–H and O–H groups in total. The number of piperidine rings is 1. The lowest BCUT2D eigenvalue weighted by Gasteiger charge is -2.33. The number of aryl methyl sites for hydroxylation is 2. The second-order valence-electron chi connectivity index (χ2n) is 7.64. The molecule has 3 aromatic rings. The summed E-state index contributed by atoms with van der Waals surface area (Å²) in [6.07, 6.45) is -1.94. The van der Waals surface area contributed by atoms with Crippen LogP contribution in [0.1, 0.15) is 30.8 Å². The molecule has 0 spiro atoms.